The van der Waals surface area contributed by atoms with E-state index < -0.39 is 11.6 Å². The number of ether oxygens (including phenoxy) is 2. The molecule has 192 valence electrons. The lowest BCUT2D eigenvalue weighted by atomic mass is 9.84. The van der Waals surface area contributed by atoms with E-state index in [0.29, 0.717) is 43.6 Å². The Labute approximate surface area is 221 Å². The molecule has 4 rings (SSSR count). The number of nitrogens with one attached hydrogen (secondary N) is 1. The predicted molar refractivity (Wildman–Crippen MR) is 145 cm³/mol. The molecular formula is C29H35BrN2O4. The van der Waals surface area contributed by atoms with Crippen molar-refractivity contribution in [3.63, 3.8) is 0 Å². The van der Waals surface area contributed by atoms with E-state index in [0.717, 1.165) is 28.4 Å². The van der Waals surface area contributed by atoms with Gasteiger partial charge in [0.15, 0.2) is 11.6 Å². The maximum atomic E-state index is 13.8. The monoisotopic (exact) mass is 554 g/mol. The Balaban J connectivity index is 1.62. The van der Waals surface area contributed by atoms with Crippen molar-refractivity contribution in [3.8, 4) is 5.75 Å². The van der Waals surface area contributed by atoms with Crippen LogP contribution in [0, 0.1) is 5.92 Å². The second kappa shape index (κ2) is 12.5. The predicted octanol–water partition coefficient (Wildman–Crippen LogP) is 5.74. The summed E-state index contributed by atoms with van der Waals surface area (Å²) in [5.41, 5.74) is 0.517. The number of carbonyl (C=O) groups is 1. The summed E-state index contributed by atoms with van der Waals surface area (Å²) in [6.07, 6.45) is 8.15. The van der Waals surface area contributed by atoms with E-state index in [1.54, 1.807) is 6.08 Å². The molecule has 0 unspecified atom stereocenters. The molecule has 1 amide bonds. The summed E-state index contributed by atoms with van der Waals surface area (Å²) in [5, 5.41) is 12.2. The van der Waals surface area contributed by atoms with Gasteiger partial charge in [0.1, 0.15) is 5.75 Å². The number of aliphatic imine (C=N–C) groups is 1. The van der Waals surface area contributed by atoms with Crippen molar-refractivity contribution in [2.45, 2.75) is 56.6 Å². The van der Waals surface area contributed by atoms with Crippen LogP contribution in [0.15, 0.2) is 70.7 Å². The molecule has 1 aliphatic heterocycles. The minimum Gasteiger partial charge on any atom is -0.494 e. The van der Waals surface area contributed by atoms with E-state index >= 15 is 0 Å². The third kappa shape index (κ3) is 6.19. The maximum Gasteiger partial charge on any atom is 0.252 e. The van der Waals surface area contributed by atoms with Crippen LogP contribution in [0.1, 0.15) is 62.2 Å². The molecule has 36 heavy (non-hydrogen) atoms. The Morgan fingerprint density at radius 3 is 2.56 bits per heavy atom. The summed E-state index contributed by atoms with van der Waals surface area (Å²) in [7, 11) is 0. The minimum absolute atomic E-state index is 0.0916. The number of carbonyl (C=O) groups excluding carboxylic acids is 1. The maximum absolute atomic E-state index is 13.8. The molecule has 0 spiro atoms. The largest absolute Gasteiger partial charge is 0.494 e. The topological polar surface area (TPSA) is 80.2 Å². The lowest BCUT2D eigenvalue weighted by molar-refractivity contribution is -0.129. The average Bonchev–Trinajstić information content (AvgIpc) is 3.29. The van der Waals surface area contributed by atoms with Crippen molar-refractivity contribution < 1.29 is 19.4 Å². The van der Waals surface area contributed by atoms with E-state index in [9.17, 15) is 4.79 Å². The van der Waals surface area contributed by atoms with Gasteiger partial charge < -0.3 is 19.9 Å². The fraction of sp³-hybridized carbons (Fsp3) is 0.448. The van der Waals surface area contributed by atoms with Crippen LogP contribution in [-0.2, 0) is 9.53 Å². The fourth-order valence-corrected chi connectivity index (χ4v) is 5.22. The van der Waals surface area contributed by atoms with Gasteiger partial charge in [-0.15, -0.1) is 6.58 Å². The molecule has 0 bridgehead atoms. The molecule has 2 aromatic rings. The number of hydrogen-bond acceptors (Lipinski definition) is 5. The lowest BCUT2D eigenvalue weighted by Gasteiger charge is -2.31. The molecule has 6 nitrogen and oxygen atoms in total. The zero-order chi connectivity index (χ0) is 25.4. The Morgan fingerprint density at radius 2 is 1.89 bits per heavy atom. The molecular weight excluding hydrogens is 520 g/mol. The number of aliphatic hydroxyl groups is 1. The first-order valence-corrected chi connectivity index (χ1v) is 13.6. The smallest absolute Gasteiger partial charge is 0.252 e. The molecule has 0 aromatic heterocycles. The van der Waals surface area contributed by atoms with Crippen LogP contribution in [0.2, 0.25) is 0 Å². The summed E-state index contributed by atoms with van der Waals surface area (Å²) >= 11 is 3.50. The van der Waals surface area contributed by atoms with Crippen molar-refractivity contribution >= 4 is 27.7 Å². The standard InChI is InChI=1S/C29H35BrN2O4/c1-2-17-29(28(34)31-20-21-7-4-3-5-8-21)26(22-9-13-24(30)14-10-22)36-27(32-29)23-11-15-25(16-12-23)35-19-6-18-33/h2,9-16,21,26,33H,1,3-8,17-20H2,(H,31,34)/t26-,29-/m1/s1. The van der Waals surface area contributed by atoms with Gasteiger partial charge in [0, 0.05) is 36.0 Å². The number of nitrogens with zero attached hydrogens (tertiary/aromatic N) is 1. The summed E-state index contributed by atoms with van der Waals surface area (Å²) in [6.45, 7) is 5.14. The second-order valence-corrected chi connectivity index (χ2v) is 10.5. The quantitative estimate of drug-likeness (QED) is 0.274. The molecule has 1 fully saturated rings. The summed E-state index contributed by atoms with van der Waals surface area (Å²) in [6, 6.07) is 15.3. The first-order valence-electron chi connectivity index (χ1n) is 12.8. The SMILES string of the molecule is C=CC[C@@]1(C(=O)NCC2CCCCC2)N=C(c2ccc(OCCCO)cc2)O[C@@H]1c1ccc(Br)cc1. The number of benzene rings is 2. The molecule has 7 heteroatoms. The van der Waals surface area contributed by atoms with Crippen molar-refractivity contribution in [1.29, 1.82) is 0 Å². The molecule has 1 saturated carbocycles. The third-order valence-electron chi connectivity index (χ3n) is 6.93. The number of halogens is 1. The summed E-state index contributed by atoms with van der Waals surface area (Å²) < 4.78 is 13.1. The van der Waals surface area contributed by atoms with Crippen LogP contribution in [0.4, 0.5) is 0 Å². The van der Waals surface area contributed by atoms with Crippen LogP contribution < -0.4 is 10.1 Å². The van der Waals surface area contributed by atoms with Gasteiger partial charge in [0.25, 0.3) is 5.91 Å². The third-order valence-corrected chi connectivity index (χ3v) is 7.46. The minimum atomic E-state index is -1.14. The number of rotatable bonds is 11. The van der Waals surface area contributed by atoms with Gasteiger partial charge in [0.2, 0.25) is 5.90 Å². The molecule has 2 atom stereocenters. The highest BCUT2D eigenvalue weighted by Gasteiger charge is 2.52. The van der Waals surface area contributed by atoms with Crippen molar-refractivity contribution in [1.82, 2.24) is 5.32 Å². The lowest BCUT2D eigenvalue weighted by Crippen LogP contribution is -2.49. The Bertz CT molecular complexity index is 1050. The average molecular weight is 556 g/mol. The highest BCUT2D eigenvalue weighted by molar-refractivity contribution is 9.10. The summed E-state index contributed by atoms with van der Waals surface area (Å²) in [5.74, 6) is 1.52. The van der Waals surface area contributed by atoms with Crippen LogP contribution in [0.5, 0.6) is 5.75 Å². The van der Waals surface area contributed by atoms with Crippen LogP contribution in [-0.4, -0.2) is 42.2 Å². The molecule has 1 heterocycles. The molecule has 2 aliphatic rings. The number of amides is 1. The van der Waals surface area contributed by atoms with Crippen LogP contribution >= 0.6 is 15.9 Å². The first-order chi connectivity index (χ1) is 17.6. The summed E-state index contributed by atoms with van der Waals surface area (Å²) in [4.78, 5) is 18.8. The van der Waals surface area contributed by atoms with Crippen molar-refractivity contribution in [3.05, 3.63) is 76.8 Å². The van der Waals surface area contributed by atoms with Gasteiger partial charge in [-0.2, -0.15) is 0 Å². The Hall–Kier alpha value is -2.64. The normalized spacial score (nSPS) is 21.9. The van der Waals surface area contributed by atoms with Gasteiger partial charge in [0.05, 0.1) is 6.61 Å². The first kappa shape index (κ1) is 26.4. The van der Waals surface area contributed by atoms with E-state index in [1.165, 1.54) is 19.3 Å². The molecule has 1 aliphatic carbocycles. The van der Waals surface area contributed by atoms with Gasteiger partial charge >= 0.3 is 0 Å². The Kier molecular flexibility index (Phi) is 9.21. The zero-order valence-corrected chi connectivity index (χ0v) is 22.2. The van der Waals surface area contributed by atoms with Gasteiger partial charge in [-0.05, 0) is 60.7 Å². The number of hydrogen-bond donors (Lipinski definition) is 2. The van der Waals surface area contributed by atoms with E-state index in [1.807, 2.05) is 48.5 Å². The number of aliphatic hydroxyl groups excluding tert-OH is 1. The molecule has 0 radical (unpaired) electrons. The highest BCUT2D eigenvalue weighted by Crippen LogP contribution is 2.43. The van der Waals surface area contributed by atoms with Crippen LogP contribution in [0.25, 0.3) is 0 Å². The van der Waals surface area contributed by atoms with Gasteiger partial charge in [-0.3, -0.25) is 4.79 Å². The molecule has 2 N–H and O–H groups in total. The van der Waals surface area contributed by atoms with Gasteiger partial charge in [-0.1, -0.05) is 53.4 Å². The second-order valence-electron chi connectivity index (χ2n) is 9.55. The van der Waals surface area contributed by atoms with E-state index in [2.05, 4.69) is 27.8 Å². The molecule has 2 aromatic carbocycles. The van der Waals surface area contributed by atoms with E-state index in [-0.39, 0.29) is 12.5 Å². The van der Waals surface area contributed by atoms with E-state index in [4.69, 9.17) is 19.6 Å². The van der Waals surface area contributed by atoms with Crippen LogP contribution in [0.3, 0.4) is 0 Å². The molecule has 0 saturated heterocycles. The van der Waals surface area contributed by atoms with Crippen molar-refractivity contribution in [2.75, 3.05) is 19.8 Å². The zero-order valence-electron chi connectivity index (χ0n) is 20.6. The van der Waals surface area contributed by atoms with Crippen molar-refractivity contribution in [2.24, 2.45) is 10.9 Å². The fourth-order valence-electron chi connectivity index (χ4n) is 4.95. The van der Waals surface area contributed by atoms with Gasteiger partial charge in [-0.25, -0.2) is 4.99 Å². The Morgan fingerprint density at radius 1 is 1.17 bits per heavy atom. The highest BCUT2D eigenvalue weighted by atomic mass is 79.9.